The van der Waals surface area contributed by atoms with Crippen molar-refractivity contribution in [3.63, 3.8) is 0 Å². The van der Waals surface area contributed by atoms with E-state index in [9.17, 15) is 4.79 Å². The molecule has 23 heavy (non-hydrogen) atoms. The zero-order chi connectivity index (χ0) is 16.4. The molecule has 5 nitrogen and oxygen atoms in total. The van der Waals surface area contributed by atoms with Crippen molar-refractivity contribution in [2.75, 3.05) is 18.0 Å². The van der Waals surface area contributed by atoms with Crippen molar-refractivity contribution in [1.29, 1.82) is 0 Å². The lowest BCUT2D eigenvalue weighted by molar-refractivity contribution is 0.0525. The SMILES string of the molecule is CC(C)(C)OC(=O)NC[C@@H]1CCCN1c1nsc2ccccc12. The molecule has 2 heterocycles. The van der Waals surface area contributed by atoms with Crippen LogP contribution < -0.4 is 10.2 Å². The van der Waals surface area contributed by atoms with Crippen LogP contribution in [0.15, 0.2) is 24.3 Å². The number of rotatable bonds is 3. The molecule has 0 aliphatic carbocycles. The smallest absolute Gasteiger partial charge is 0.407 e. The molecule has 124 valence electrons. The van der Waals surface area contributed by atoms with Gasteiger partial charge >= 0.3 is 6.09 Å². The van der Waals surface area contributed by atoms with E-state index in [0.29, 0.717) is 6.54 Å². The Kier molecular flexibility index (Phi) is 4.43. The number of fused-ring (bicyclic) bond motifs is 1. The number of carbonyl (C=O) groups is 1. The largest absolute Gasteiger partial charge is 0.444 e. The molecule has 2 aromatic rings. The predicted octanol–water partition coefficient (Wildman–Crippen LogP) is 3.79. The fourth-order valence-corrected chi connectivity index (χ4v) is 3.71. The highest BCUT2D eigenvalue weighted by atomic mass is 32.1. The number of amides is 1. The number of anilines is 1. The standard InChI is InChI=1S/C17H23N3O2S/c1-17(2,3)22-16(21)18-11-12-7-6-10-20(12)15-13-8-4-5-9-14(13)23-19-15/h4-5,8-9,12H,6-7,10-11H2,1-3H3,(H,18,21)/t12-/m0/s1. The maximum Gasteiger partial charge on any atom is 0.407 e. The summed E-state index contributed by atoms with van der Waals surface area (Å²) >= 11 is 1.53. The van der Waals surface area contributed by atoms with E-state index in [0.717, 1.165) is 25.2 Å². The van der Waals surface area contributed by atoms with E-state index in [2.05, 4.69) is 26.7 Å². The highest BCUT2D eigenvalue weighted by Crippen LogP contribution is 2.33. The third kappa shape index (κ3) is 3.75. The average Bonchev–Trinajstić information content (AvgIpc) is 3.09. The quantitative estimate of drug-likeness (QED) is 0.928. The molecule has 1 N–H and O–H groups in total. The van der Waals surface area contributed by atoms with Crippen LogP contribution in [0.3, 0.4) is 0 Å². The van der Waals surface area contributed by atoms with Gasteiger partial charge in [-0.05, 0) is 57.3 Å². The number of alkyl carbamates (subject to hydrolysis) is 1. The van der Waals surface area contributed by atoms with Gasteiger partial charge in [-0.25, -0.2) is 4.79 Å². The minimum Gasteiger partial charge on any atom is -0.444 e. The van der Waals surface area contributed by atoms with Crippen molar-refractivity contribution in [2.24, 2.45) is 0 Å². The van der Waals surface area contributed by atoms with E-state index < -0.39 is 5.60 Å². The van der Waals surface area contributed by atoms with Crippen molar-refractivity contribution in [3.05, 3.63) is 24.3 Å². The van der Waals surface area contributed by atoms with Gasteiger partial charge in [0.05, 0.1) is 4.70 Å². The number of nitrogens with one attached hydrogen (secondary N) is 1. The summed E-state index contributed by atoms with van der Waals surface area (Å²) in [6, 6.07) is 8.57. The van der Waals surface area contributed by atoms with Crippen molar-refractivity contribution >= 4 is 33.5 Å². The van der Waals surface area contributed by atoms with Crippen molar-refractivity contribution in [1.82, 2.24) is 9.69 Å². The molecule has 0 unspecified atom stereocenters. The molecule has 1 fully saturated rings. The van der Waals surface area contributed by atoms with E-state index in [1.807, 2.05) is 32.9 Å². The van der Waals surface area contributed by atoms with Crippen molar-refractivity contribution in [2.45, 2.75) is 45.3 Å². The summed E-state index contributed by atoms with van der Waals surface area (Å²) in [4.78, 5) is 14.2. The Bertz CT molecular complexity index is 692. The van der Waals surface area contributed by atoms with Crippen LogP contribution in [0.25, 0.3) is 10.1 Å². The lowest BCUT2D eigenvalue weighted by Gasteiger charge is -2.26. The first kappa shape index (κ1) is 16.1. The molecule has 1 aromatic carbocycles. The summed E-state index contributed by atoms with van der Waals surface area (Å²) in [6.07, 6.45) is 1.82. The molecule has 1 atom stereocenters. The first-order valence-corrected chi connectivity index (χ1v) is 8.79. The Morgan fingerprint density at radius 1 is 1.43 bits per heavy atom. The van der Waals surface area contributed by atoms with Crippen LogP contribution >= 0.6 is 11.5 Å². The van der Waals surface area contributed by atoms with Crippen LogP contribution in [0.1, 0.15) is 33.6 Å². The van der Waals surface area contributed by atoms with E-state index in [4.69, 9.17) is 4.74 Å². The number of carbonyl (C=O) groups excluding carboxylic acids is 1. The average molecular weight is 333 g/mol. The molecule has 1 aliphatic rings. The van der Waals surface area contributed by atoms with Gasteiger partial charge in [0.15, 0.2) is 0 Å². The topological polar surface area (TPSA) is 54.5 Å². The molecule has 0 saturated carbocycles. The fourth-order valence-electron chi connectivity index (χ4n) is 2.92. The van der Waals surface area contributed by atoms with E-state index in [1.165, 1.54) is 21.6 Å². The van der Waals surface area contributed by atoms with Crippen LogP contribution in [0.5, 0.6) is 0 Å². The van der Waals surface area contributed by atoms with E-state index in [1.54, 1.807) is 0 Å². The Balaban J connectivity index is 1.67. The second-order valence-corrected chi connectivity index (χ2v) is 7.68. The molecule has 1 aliphatic heterocycles. The number of hydrogen-bond acceptors (Lipinski definition) is 5. The Labute approximate surface area is 140 Å². The third-order valence-electron chi connectivity index (χ3n) is 3.89. The predicted molar refractivity (Wildman–Crippen MR) is 94.2 cm³/mol. The molecule has 1 aromatic heterocycles. The summed E-state index contributed by atoms with van der Waals surface area (Å²) in [5, 5.41) is 4.09. The molecule has 0 bridgehead atoms. The summed E-state index contributed by atoms with van der Waals surface area (Å²) in [7, 11) is 0. The summed E-state index contributed by atoms with van der Waals surface area (Å²) in [5.74, 6) is 1.04. The number of nitrogens with zero attached hydrogens (tertiary/aromatic N) is 2. The zero-order valence-electron chi connectivity index (χ0n) is 13.8. The molecule has 0 spiro atoms. The van der Waals surface area contributed by atoms with Gasteiger partial charge in [0, 0.05) is 24.5 Å². The van der Waals surface area contributed by atoms with Crippen LogP contribution in [-0.4, -0.2) is 35.2 Å². The minimum absolute atomic E-state index is 0.271. The van der Waals surface area contributed by atoms with Gasteiger partial charge in [0.2, 0.25) is 0 Å². The molecule has 1 saturated heterocycles. The van der Waals surface area contributed by atoms with Gasteiger partial charge < -0.3 is 15.0 Å². The van der Waals surface area contributed by atoms with Crippen LogP contribution in [0, 0.1) is 0 Å². The Hall–Kier alpha value is -1.82. The molecule has 0 radical (unpaired) electrons. The highest BCUT2D eigenvalue weighted by Gasteiger charge is 2.28. The third-order valence-corrected chi connectivity index (χ3v) is 4.71. The van der Waals surface area contributed by atoms with Gasteiger partial charge in [-0.3, -0.25) is 0 Å². The highest BCUT2D eigenvalue weighted by molar-refractivity contribution is 7.13. The molecule has 3 rings (SSSR count). The Morgan fingerprint density at radius 2 is 2.22 bits per heavy atom. The lowest BCUT2D eigenvalue weighted by Crippen LogP contribution is -2.42. The van der Waals surface area contributed by atoms with Gasteiger partial charge in [-0.2, -0.15) is 4.37 Å². The number of benzene rings is 1. The lowest BCUT2D eigenvalue weighted by atomic mass is 10.2. The maximum absolute atomic E-state index is 11.9. The minimum atomic E-state index is -0.468. The van der Waals surface area contributed by atoms with Crippen LogP contribution in [0.2, 0.25) is 0 Å². The van der Waals surface area contributed by atoms with E-state index in [-0.39, 0.29) is 12.1 Å². The molecular formula is C17H23N3O2S. The van der Waals surface area contributed by atoms with Crippen LogP contribution in [-0.2, 0) is 4.74 Å². The van der Waals surface area contributed by atoms with Gasteiger partial charge in [-0.15, -0.1) is 0 Å². The molecular weight excluding hydrogens is 310 g/mol. The second-order valence-electron chi connectivity index (χ2n) is 6.87. The Morgan fingerprint density at radius 3 is 3.00 bits per heavy atom. The van der Waals surface area contributed by atoms with Gasteiger partial charge in [-0.1, -0.05) is 12.1 Å². The number of ether oxygens (including phenoxy) is 1. The fraction of sp³-hybridized carbons (Fsp3) is 0.529. The first-order valence-electron chi connectivity index (χ1n) is 8.02. The first-order chi connectivity index (χ1) is 10.9. The monoisotopic (exact) mass is 333 g/mol. The van der Waals surface area contributed by atoms with Crippen molar-refractivity contribution in [3.8, 4) is 0 Å². The van der Waals surface area contributed by atoms with Gasteiger partial charge in [0.25, 0.3) is 0 Å². The molecule has 6 heteroatoms. The number of aromatic nitrogens is 1. The molecule has 1 amide bonds. The zero-order valence-corrected chi connectivity index (χ0v) is 14.7. The summed E-state index contributed by atoms with van der Waals surface area (Å²) in [6.45, 7) is 7.18. The number of hydrogen-bond donors (Lipinski definition) is 1. The second kappa shape index (κ2) is 6.35. The summed E-state index contributed by atoms with van der Waals surface area (Å²) < 4.78 is 11.2. The van der Waals surface area contributed by atoms with E-state index >= 15 is 0 Å². The normalized spacial score (nSPS) is 18.4. The van der Waals surface area contributed by atoms with Crippen LogP contribution in [0.4, 0.5) is 10.6 Å². The maximum atomic E-state index is 11.9. The summed E-state index contributed by atoms with van der Waals surface area (Å²) in [5.41, 5.74) is -0.468. The van der Waals surface area contributed by atoms with Gasteiger partial charge in [0.1, 0.15) is 11.4 Å². The van der Waals surface area contributed by atoms with Crippen molar-refractivity contribution < 1.29 is 9.53 Å².